The molecule has 0 saturated heterocycles. The fourth-order valence-corrected chi connectivity index (χ4v) is 2.26. The summed E-state index contributed by atoms with van der Waals surface area (Å²) in [5.41, 5.74) is 1.25. The fourth-order valence-electron chi connectivity index (χ4n) is 2.08. The van der Waals surface area contributed by atoms with Crippen molar-refractivity contribution in [1.29, 1.82) is 5.26 Å². The van der Waals surface area contributed by atoms with Gasteiger partial charge in [0.2, 0.25) is 6.79 Å². The highest BCUT2D eigenvalue weighted by atomic mass is 35.5. The van der Waals surface area contributed by atoms with Crippen molar-refractivity contribution in [2.45, 2.75) is 0 Å². The average molecular weight is 317 g/mol. The second-order valence-electron chi connectivity index (χ2n) is 4.59. The lowest BCUT2D eigenvalue weighted by atomic mass is 10.2. The molecule has 6 heteroatoms. The number of fused-ring (bicyclic) bond motifs is 1. The van der Waals surface area contributed by atoms with Gasteiger partial charge in [-0.15, -0.1) is 0 Å². The highest BCUT2D eigenvalue weighted by Crippen LogP contribution is 2.35. The van der Waals surface area contributed by atoms with Crippen LogP contribution in [0.15, 0.2) is 36.4 Å². The third-order valence-electron chi connectivity index (χ3n) is 3.13. The molecule has 1 heterocycles. The number of rotatable bonds is 5. The van der Waals surface area contributed by atoms with E-state index in [9.17, 15) is 0 Å². The standard InChI is InChI=1S/C16H13ClN2O3/c17-12-1-3-14(11(7-12)9-18)19-5-6-20-13-2-4-15-16(8-13)22-10-21-15/h1-4,7-8,19H,5-6,10H2. The molecule has 0 radical (unpaired) electrons. The molecule has 112 valence electrons. The number of hydrogen-bond acceptors (Lipinski definition) is 5. The second kappa shape index (κ2) is 6.46. The summed E-state index contributed by atoms with van der Waals surface area (Å²) in [4.78, 5) is 0. The van der Waals surface area contributed by atoms with Gasteiger partial charge in [0.1, 0.15) is 18.4 Å². The lowest BCUT2D eigenvalue weighted by Crippen LogP contribution is -2.12. The molecule has 22 heavy (non-hydrogen) atoms. The minimum Gasteiger partial charge on any atom is -0.492 e. The third kappa shape index (κ3) is 3.18. The van der Waals surface area contributed by atoms with Crippen LogP contribution in [0.5, 0.6) is 17.2 Å². The molecule has 1 N–H and O–H groups in total. The first-order valence-corrected chi connectivity index (χ1v) is 7.10. The summed E-state index contributed by atoms with van der Waals surface area (Å²) in [6, 6.07) is 12.7. The zero-order valence-electron chi connectivity index (χ0n) is 11.6. The van der Waals surface area contributed by atoms with Crippen LogP contribution in [0.4, 0.5) is 5.69 Å². The zero-order valence-corrected chi connectivity index (χ0v) is 12.4. The van der Waals surface area contributed by atoms with E-state index >= 15 is 0 Å². The summed E-state index contributed by atoms with van der Waals surface area (Å²) in [6.07, 6.45) is 0. The van der Waals surface area contributed by atoms with Crippen LogP contribution < -0.4 is 19.5 Å². The molecule has 3 rings (SSSR count). The third-order valence-corrected chi connectivity index (χ3v) is 3.37. The number of anilines is 1. The largest absolute Gasteiger partial charge is 0.492 e. The van der Waals surface area contributed by atoms with E-state index in [2.05, 4.69) is 11.4 Å². The molecule has 0 saturated carbocycles. The predicted molar refractivity (Wildman–Crippen MR) is 82.7 cm³/mol. The van der Waals surface area contributed by atoms with E-state index in [0.717, 1.165) is 11.4 Å². The number of halogens is 1. The van der Waals surface area contributed by atoms with Gasteiger partial charge in [-0.05, 0) is 30.3 Å². The fraction of sp³-hybridized carbons (Fsp3) is 0.188. The Hall–Kier alpha value is -2.58. The van der Waals surface area contributed by atoms with E-state index in [1.165, 1.54) is 0 Å². The topological polar surface area (TPSA) is 63.5 Å². The van der Waals surface area contributed by atoms with Crippen molar-refractivity contribution < 1.29 is 14.2 Å². The van der Waals surface area contributed by atoms with E-state index < -0.39 is 0 Å². The van der Waals surface area contributed by atoms with Gasteiger partial charge in [-0.25, -0.2) is 0 Å². The Morgan fingerprint density at radius 2 is 2.05 bits per heavy atom. The summed E-state index contributed by atoms with van der Waals surface area (Å²) in [5.74, 6) is 2.13. The average Bonchev–Trinajstić information content (AvgIpc) is 3.00. The smallest absolute Gasteiger partial charge is 0.231 e. The van der Waals surface area contributed by atoms with Crippen molar-refractivity contribution in [3.05, 3.63) is 47.0 Å². The maximum absolute atomic E-state index is 9.06. The van der Waals surface area contributed by atoms with Crippen LogP contribution in [0, 0.1) is 11.3 Å². The van der Waals surface area contributed by atoms with Gasteiger partial charge in [-0.1, -0.05) is 11.6 Å². The summed E-state index contributed by atoms with van der Waals surface area (Å²) >= 11 is 5.86. The Bertz CT molecular complexity index is 728. The van der Waals surface area contributed by atoms with Crippen LogP contribution in [0.25, 0.3) is 0 Å². The zero-order chi connectivity index (χ0) is 15.4. The van der Waals surface area contributed by atoms with E-state index in [1.807, 2.05) is 12.1 Å². The van der Waals surface area contributed by atoms with Gasteiger partial charge in [0.25, 0.3) is 0 Å². The molecule has 0 fully saturated rings. The Kier molecular flexibility index (Phi) is 4.22. The summed E-state index contributed by atoms with van der Waals surface area (Å²) in [7, 11) is 0. The minimum atomic E-state index is 0.244. The van der Waals surface area contributed by atoms with Crippen LogP contribution in [-0.2, 0) is 0 Å². The predicted octanol–water partition coefficient (Wildman–Crippen LogP) is 3.43. The number of nitriles is 1. The highest BCUT2D eigenvalue weighted by molar-refractivity contribution is 6.30. The Morgan fingerprint density at radius 1 is 1.18 bits per heavy atom. The van der Waals surface area contributed by atoms with E-state index in [-0.39, 0.29) is 6.79 Å². The van der Waals surface area contributed by atoms with Gasteiger partial charge in [0.15, 0.2) is 11.5 Å². The van der Waals surface area contributed by atoms with Crippen LogP contribution in [-0.4, -0.2) is 19.9 Å². The van der Waals surface area contributed by atoms with Crippen LogP contribution in [0.2, 0.25) is 5.02 Å². The second-order valence-corrected chi connectivity index (χ2v) is 5.03. The van der Waals surface area contributed by atoms with Gasteiger partial charge >= 0.3 is 0 Å². The summed E-state index contributed by atoms with van der Waals surface area (Å²) < 4.78 is 16.2. The molecule has 0 aromatic heterocycles. The lowest BCUT2D eigenvalue weighted by Gasteiger charge is -2.10. The number of nitrogens with zero attached hydrogens (tertiary/aromatic N) is 1. The van der Waals surface area contributed by atoms with Crippen LogP contribution >= 0.6 is 11.6 Å². The van der Waals surface area contributed by atoms with E-state index in [1.54, 1.807) is 24.3 Å². The minimum absolute atomic E-state index is 0.244. The first-order valence-electron chi connectivity index (χ1n) is 6.72. The maximum atomic E-state index is 9.06. The molecular weight excluding hydrogens is 304 g/mol. The first kappa shape index (κ1) is 14.4. The molecule has 0 atom stereocenters. The van der Waals surface area contributed by atoms with E-state index in [0.29, 0.717) is 35.2 Å². The number of nitrogens with one attached hydrogen (secondary N) is 1. The van der Waals surface area contributed by atoms with Crippen molar-refractivity contribution in [2.75, 3.05) is 25.3 Å². The molecule has 1 aliphatic rings. The van der Waals surface area contributed by atoms with Gasteiger partial charge in [0, 0.05) is 17.6 Å². The Labute approximate surface area is 133 Å². The monoisotopic (exact) mass is 316 g/mol. The van der Waals surface area contributed by atoms with Gasteiger partial charge in [-0.3, -0.25) is 0 Å². The molecule has 0 bridgehead atoms. The number of hydrogen-bond donors (Lipinski definition) is 1. The van der Waals surface area contributed by atoms with Crippen molar-refractivity contribution in [3.8, 4) is 23.3 Å². The SMILES string of the molecule is N#Cc1cc(Cl)ccc1NCCOc1ccc2c(c1)OCO2. The van der Waals surface area contributed by atoms with Crippen molar-refractivity contribution in [1.82, 2.24) is 0 Å². The molecule has 0 unspecified atom stereocenters. The maximum Gasteiger partial charge on any atom is 0.231 e. The normalized spacial score (nSPS) is 11.8. The summed E-state index contributed by atoms with van der Waals surface area (Å²) in [5, 5.41) is 12.8. The summed E-state index contributed by atoms with van der Waals surface area (Å²) in [6.45, 7) is 1.26. The van der Waals surface area contributed by atoms with Crippen molar-refractivity contribution in [3.63, 3.8) is 0 Å². The molecule has 0 aliphatic carbocycles. The van der Waals surface area contributed by atoms with Crippen LogP contribution in [0.1, 0.15) is 5.56 Å². The Balaban J connectivity index is 1.53. The van der Waals surface area contributed by atoms with Crippen molar-refractivity contribution >= 4 is 17.3 Å². The molecule has 2 aromatic carbocycles. The molecule has 0 spiro atoms. The molecule has 0 amide bonds. The number of ether oxygens (including phenoxy) is 3. The van der Waals surface area contributed by atoms with E-state index in [4.69, 9.17) is 31.1 Å². The number of benzene rings is 2. The molecule has 1 aliphatic heterocycles. The molecule has 2 aromatic rings. The first-order chi connectivity index (χ1) is 10.8. The quantitative estimate of drug-likeness (QED) is 0.856. The van der Waals surface area contributed by atoms with Crippen LogP contribution in [0.3, 0.4) is 0 Å². The Morgan fingerprint density at radius 3 is 2.91 bits per heavy atom. The van der Waals surface area contributed by atoms with Gasteiger partial charge < -0.3 is 19.5 Å². The van der Waals surface area contributed by atoms with Crippen molar-refractivity contribution in [2.24, 2.45) is 0 Å². The van der Waals surface area contributed by atoms with Gasteiger partial charge in [-0.2, -0.15) is 5.26 Å². The lowest BCUT2D eigenvalue weighted by molar-refractivity contribution is 0.174. The van der Waals surface area contributed by atoms with Gasteiger partial charge in [0.05, 0.1) is 11.3 Å². The highest BCUT2D eigenvalue weighted by Gasteiger charge is 2.13. The molecule has 5 nitrogen and oxygen atoms in total. The molecular formula is C16H13ClN2O3.